The van der Waals surface area contributed by atoms with E-state index in [1.165, 1.54) is 45.6 Å². The summed E-state index contributed by atoms with van der Waals surface area (Å²) in [5, 5.41) is 1.98. The predicted octanol–water partition coefficient (Wildman–Crippen LogP) is 3.56. The van der Waals surface area contributed by atoms with Crippen LogP contribution in [0.25, 0.3) is 6.08 Å². The number of amides is 2. The minimum Gasteiger partial charge on any atom is -0.496 e. The summed E-state index contributed by atoms with van der Waals surface area (Å²) in [6.45, 7) is 0. The first-order valence-corrected chi connectivity index (χ1v) is 9.40. The van der Waals surface area contributed by atoms with Gasteiger partial charge in [-0.25, -0.2) is 0 Å². The number of nitrogens with one attached hydrogen (secondary N) is 1. The first kappa shape index (κ1) is 23.1. The van der Waals surface area contributed by atoms with Crippen LogP contribution in [-0.2, 0) is 15.8 Å². The molecule has 2 amide bonds. The lowest BCUT2D eigenvalue weighted by molar-refractivity contribution is -0.137. The molecule has 11 heteroatoms. The number of carbonyl (C=O) groups is 2. The zero-order valence-electron chi connectivity index (χ0n) is 17.1. The molecule has 1 heterocycles. The molecule has 2 aromatic carbocycles. The van der Waals surface area contributed by atoms with E-state index in [0.717, 1.165) is 23.1 Å². The van der Waals surface area contributed by atoms with Crippen LogP contribution in [0.2, 0.25) is 0 Å². The number of halogens is 3. The van der Waals surface area contributed by atoms with E-state index < -0.39 is 23.6 Å². The van der Waals surface area contributed by atoms with E-state index in [2.05, 4.69) is 5.32 Å². The average molecular weight is 466 g/mol. The van der Waals surface area contributed by atoms with Crippen molar-refractivity contribution in [3.05, 3.63) is 53.1 Å². The molecule has 1 N–H and O–H groups in total. The molecule has 0 aliphatic carbocycles. The minimum atomic E-state index is -4.62. The van der Waals surface area contributed by atoms with E-state index in [9.17, 15) is 22.8 Å². The molecule has 0 bridgehead atoms. The lowest BCUT2D eigenvalue weighted by Crippen LogP contribution is -2.54. The van der Waals surface area contributed by atoms with Crippen molar-refractivity contribution in [3.8, 4) is 17.2 Å². The molecule has 0 atom stereocenters. The van der Waals surface area contributed by atoms with Gasteiger partial charge in [0.25, 0.3) is 11.8 Å². The fourth-order valence-corrected chi connectivity index (χ4v) is 3.31. The molecule has 32 heavy (non-hydrogen) atoms. The summed E-state index contributed by atoms with van der Waals surface area (Å²) >= 11 is 5.05. The molecule has 0 aromatic heterocycles. The maximum Gasteiger partial charge on any atom is 0.416 e. The highest BCUT2D eigenvalue weighted by Gasteiger charge is 2.37. The predicted molar refractivity (Wildman–Crippen MR) is 114 cm³/mol. The highest BCUT2D eigenvalue weighted by Crippen LogP contribution is 2.37. The van der Waals surface area contributed by atoms with Crippen molar-refractivity contribution >= 4 is 40.9 Å². The van der Waals surface area contributed by atoms with Gasteiger partial charge in [-0.05, 0) is 36.5 Å². The topological polar surface area (TPSA) is 77.1 Å². The molecular formula is C21H17F3N2O5S. The van der Waals surface area contributed by atoms with E-state index in [4.69, 9.17) is 26.4 Å². The van der Waals surface area contributed by atoms with Gasteiger partial charge in [0.1, 0.15) is 22.8 Å². The molecule has 0 saturated carbocycles. The maximum atomic E-state index is 13.2. The van der Waals surface area contributed by atoms with Crippen molar-refractivity contribution in [1.29, 1.82) is 0 Å². The van der Waals surface area contributed by atoms with Crippen LogP contribution in [0.15, 0.2) is 42.0 Å². The number of thiocarbonyl (C=S) groups is 1. The number of nitrogens with zero attached hydrogens (tertiary/aromatic N) is 1. The second-order valence-electron chi connectivity index (χ2n) is 6.45. The Labute approximate surface area is 186 Å². The van der Waals surface area contributed by atoms with Crippen molar-refractivity contribution < 1.29 is 37.0 Å². The van der Waals surface area contributed by atoms with Crippen molar-refractivity contribution in [2.45, 2.75) is 6.18 Å². The lowest BCUT2D eigenvalue weighted by atomic mass is 10.0. The summed E-state index contributed by atoms with van der Waals surface area (Å²) in [4.78, 5) is 26.5. The van der Waals surface area contributed by atoms with Gasteiger partial charge in [0.05, 0.1) is 38.1 Å². The largest absolute Gasteiger partial charge is 0.496 e. The third kappa shape index (κ3) is 4.37. The summed E-state index contributed by atoms with van der Waals surface area (Å²) in [5.74, 6) is -0.825. The van der Waals surface area contributed by atoms with Gasteiger partial charge < -0.3 is 14.2 Å². The Kier molecular flexibility index (Phi) is 6.40. The molecular weight excluding hydrogens is 449 g/mol. The van der Waals surface area contributed by atoms with Gasteiger partial charge in [0, 0.05) is 12.1 Å². The Bertz CT molecular complexity index is 1110. The number of anilines is 1. The van der Waals surface area contributed by atoms with Crippen molar-refractivity contribution in [2.75, 3.05) is 26.2 Å². The zero-order valence-corrected chi connectivity index (χ0v) is 17.9. The van der Waals surface area contributed by atoms with Gasteiger partial charge in [-0.1, -0.05) is 6.07 Å². The monoisotopic (exact) mass is 466 g/mol. The molecule has 1 aliphatic rings. The number of rotatable bonds is 5. The maximum absolute atomic E-state index is 13.2. The summed E-state index contributed by atoms with van der Waals surface area (Å²) in [5.41, 5.74) is -1.23. The third-order valence-corrected chi connectivity index (χ3v) is 4.86. The van der Waals surface area contributed by atoms with Crippen LogP contribution < -0.4 is 24.4 Å². The first-order valence-electron chi connectivity index (χ1n) is 8.99. The van der Waals surface area contributed by atoms with E-state index in [1.54, 1.807) is 0 Å². The second-order valence-corrected chi connectivity index (χ2v) is 6.84. The van der Waals surface area contributed by atoms with E-state index in [1.807, 2.05) is 0 Å². The number of ether oxygens (including phenoxy) is 3. The lowest BCUT2D eigenvalue weighted by Gasteiger charge is -2.29. The minimum absolute atomic E-state index is 0.144. The molecule has 168 valence electrons. The normalized spacial score (nSPS) is 15.6. The van der Waals surface area contributed by atoms with E-state index in [-0.39, 0.29) is 33.4 Å². The highest BCUT2D eigenvalue weighted by molar-refractivity contribution is 7.80. The van der Waals surface area contributed by atoms with Crippen LogP contribution in [0, 0.1) is 0 Å². The molecule has 0 unspecified atom stereocenters. The summed E-state index contributed by atoms with van der Waals surface area (Å²) in [6, 6.07) is 7.11. The summed E-state index contributed by atoms with van der Waals surface area (Å²) in [7, 11) is 4.20. The molecule has 3 rings (SSSR count). The molecule has 1 fully saturated rings. The Balaban J connectivity index is 2.12. The number of hydrogen-bond donors (Lipinski definition) is 1. The Hall–Kier alpha value is -3.60. The summed E-state index contributed by atoms with van der Waals surface area (Å²) in [6.07, 6.45) is -3.40. The van der Waals surface area contributed by atoms with E-state index in [0.29, 0.717) is 5.75 Å². The Morgan fingerprint density at radius 3 is 2.16 bits per heavy atom. The van der Waals surface area contributed by atoms with E-state index >= 15 is 0 Å². The molecule has 0 radical (unpaired) electrons. The van der Waals surface area contributed by atoms with Gasteiger partial charge in [-0.15, -0.1) is 0 Å². The molecule has 2 aromatic rings. The van der Waals surface area contributed by atoms with Crippen molar-refractivity contribution in [1.82, 2.24) is 5.32 Å². The Morgan fingerprint density at radius 1 is 1.00 bits per heavy atom. The van der Waals surface area contributed by atoms with Gasteiger partial charge in [0.15, 0.2) is 5.11 Å². The van der Waals surface area contributed by atoms with Crippen molar-refractivity contribution in [2.24, 2.45) is 0 Å². The fraction of sp³-hybridized carbons (Fsp3) is 0.190. The van der Waals surface area contributed by atoms with Gasteiger partial charge >= 0.3 is 6.18 Å². The zero-order chi connectivity index (χ0) is 23.6. The number of carbonyl (C=O) groups excluding carboxylic acids is 2. The standard InChI is InChI=1S/C21H17F3N2O5S/c1-29-13-8-16(30-2)14(17(9-13)31-3)10-15-18(27)25-20(32)26(19(15)28)12-6-4-5-11(7-12)21(22,23)24/h4-10H,1-3H3,(H,25,27,32)/b15-10+. The van der Waals surface area contributed by atoms with Crippen molar-refractivity contribution in [3.63, 3.8) is 0 Å². The van der Waals surface area contributed by atoms with Crippen LogP contribution in [0.4, 0.5) is 18.9 Å². The molecule has 1 saturated heterocycles. The second kappa shape index (κ2) is 8.87. The third-order valence-electron chi connectivity index (χ3n) is 4.58. The van der Waals surface area contributed by atoms with Gasteiger partial charge in [0.2, 0.25) is 0 Å². The first-order chi connectivity index (χ1) is 15.1. The average Bonchev–Trinajstić information content (AvgIpc) is 2.75. The fourth-order valence-electron chi connectivity index (χ4n) is 3.03. The van der Waals surface area contributed by atoms with Crippen LogP contribution in [0.1, 0.15) is 11.1 Å². The number of benzene rings is 2. The molecule has 0 spiro atoms. The quantitative estimate of drug-likeness (QED) is 0.413. The van der Waals surface area contributed by atoms with Crippen LogP contribution in [-0.4, -0.2) is 38.3 Å². The highest BCUT2D eigenvalue weighted by atomic mass is 32.1. The number of alkyl halides is 3. The Morgan fingerprint density at radius 2 is 1.62 bits per heavy atom. The molecule has 1 aliphatic heterocycles. The van der Waals surface area contributed by atoms with Gasteiger partial charge in [-0.3, -0.25) is 19.8 Å². The molecule has 7 nitrogen and oxygen atoms in total. The van der Waals surface area contributed by atoms with Crippen LogP contribution in [0.3, 0.4) is 0 Å². The summed E-state index contributed by atoms with van der Waals surface area (Å²) < 4.78 is 55.2. The smallest absolute Gasteiger partial charge is 0.416 e. The number of methoxy groups -OCH3 is 3. The number of hydrogen-bond acceptors (Lipinski definition) is 6. The van der Waals surface area contributed by atoms with Crippen LogP contribution >= 0.6 is 12.2 Å². The SMILES string of the molecule is COc1cc(OC)c(/C=C2\C(=O)NC(=S)N(c3cccc(C(F)(F)F)c3)C2=O)c(OC)c1. The van der Waals surface area contributed by atoms with Gasteiger partial charge in [-0.2, -0.15) is 13.2 Å². The van der Waals surface area contributed by atoms with Crippen LogP contribution in [0.5, 0.6) is 17.2 Å².